The molecule has 1 aliphatic rings. The van der Waals surface area contributed by atoms with Gasteiger partial charge in [-0.25, -0.2) is 9.97 Å². The number of imidazole rings is 1. The van der Waals surface area contributed by atoms with Crippen molar-refractivity contribution in [3.63, 3.8) is 0 Å². The van der Waals surface area contributed by atoms with Crippen molar-refractivity contribution in [3.05, 3.63) is 83.8 Å². The lowest BCUT2D eigenvalue weighted by molar-refractivity contribution is 0.0930. The van der Waals surface area contributed by atoms with Gasteiger partial charge >= 0.3 is 0 Å². The van der Waals surface area contributed by atoms with Crippen LogP contribution >= 0.6 is 0 Å². The number of aryl methyl sites for hydroxylation is 1. The molecule has 0 saturated heterocycles. The highest BCUT2D eigenvalue weighted by Crippen LogP contribution is 2.40. The smallest absolute Gasteiger partial charge is 0.253 e. The lowest BCUT2D eigenvalue weighted by atomic mass is 10.1. The molecule has 30 heavy (non-hydrogen) atoms. The summed E-state index contributed by atoms with van der Waals surface area (Å²) in [7, 11) is 0. The van der Waals surface area contributed by atoms with Crippen molar-refractivity contribution in [2.75, 3.05) is 0 Å². The number of hydrogen-bond acceptors (Lipinski definition) is 5. The van der Waals surface area contributed by atoms with E-state index < -0.39 is 0 Å². The molecule has 1 amide bonds. The number of amides is 1. The van der Waals surface area contributed by atoms with Crippen LogP contribution in [0.4, 0.5) is 0 Å². The first kappa shape index (κ1) is 18.4. The van der Waals surface area contributed by atoms with Crippen molar-refractivity contribution in [1.82, 2.24) is 29.8 Å². The summed E-state index contributed by atoms with van der Waals surface area (Å²) < 4.78 is 1.93. The monoisotopic (exact) mass is 398 g/mol. The van der Waals surface area contributed by atoms with Gasteiger partial charge in [0.1, 0.15) is 5.52 Å². The third-order valence-electron chi connectivity index (χ3n) is 5.41. The molecule has 0 bridgehead atoms. The number of nitrogens with one attached hydrogen (secondary N) is 1. The van der Waals surface area contributed by atoms with Crippen LogP contribution in [0.15, 0.2) is 61.3 Å². The second-order valence-electron chi connectivity index (χ2n) is 7.81. The Morgan fingerprint density at radius 3 is 2.80 bits per heavy atom. The van der Waals surface area contributed by atoms with Crippen LogP contribution in [0.1, 0.15) is 46.2 Å². The first-order valence-electron chi connectivity index (χ1n) is 10.1. The molecular formula is C23H22N6O. The molecule has 1 saturated carbocycles. The summed E-state index contributed by atoms with van der Waals surface area (Å²) >= 11 is 0. The maximum absolute atomic E-state index is 13.0. The lowest BCUT2D eigenvalue weighted by Crippen LogP contribution is -2.30. The normalized spacial score (nSPS) is 14.6. The van der Waals surface area contributed by atoms with Crippen LogP contribution in [0.2, 0.25) is 0 Å². The molecule has 1 fully saturated rings. The second kappa shape index (κ2) is 7.67. The van der Waals surface area contributed by atoms with Gasteiger partial charge < -0.3 is 9.88 Å². The number of pyridine rings is 3. The van der Waals surface area contributed by atoms with Crippen LogP contribution in [0.5, 0.6) is 0 Å². The molecule has 150 valence electrons. The lowest BCUT2D eigenvalue weighted by Gasteiger charge is -2.18. The van der Waals surface area contributed by atoms with E-state index in [1.54, 1.807) is 31.0 Å². The number of carbonyl (C=O) groups is 1. The Balaban J connectivity index is 1.37. The average Bonchev–Trinajstić information content (AvgIpc) is 3.53. The third-order valence-corrected chi connectivity index (χ3v) is 5.41. The molecule has 0 radical (unpaired) electrons. The van der Waals surface area contributed by atoms with Crippen LogP contribution < -0.4 is 5.32 Å². The van der Waals surface area contributed by atoms with Gasteiger partial charge in [0.05, 0.1) is 35.9 Å². The molecule has 1 atom stereocenters. The van der Waals surface area contributed by atoms with Gasteiger partial charge in [0.2, 0.25) is 0 Å². The third kappa shape index (κ3) is 3.78. The summed E-state index contributed by atoms with van der Waals surface area (Å²) in [5.41, 5.74) is 4.91. The number of nitrogens with zero attached hydrogens (tertiary/aromatic N) is 5. The van der Waals surface area contributed by atoms with Crippen molar-refractivity contribution in [2.45, 2.75) is 32.4 Å². The molecule has 5 rings (SSSR count). The first-order valence-corrected chi connectivity index (χ1v) is 10.1. The topological polar surface area (TPSA) is 85.6 Å². The van der Waals surface area contributed by atoms with E-state index in [4.69, 9.17) is 0 Å². The van der Waals surface area contributed by atoms with Crippen molar-refractivity contribution in [3.8, 4) is 0 Å². The largest absolute Gasteiger partial charge is 0.343 e. The maximum Gasteiger partial charge on any atom is 0.253 e. The zero-order valence-corrected chi connectivity index (χ0v) is 16.7. The van der Waals surface area contributed by atoms with E-state index in [9.17, 15) is 4.79 Å². The summed E-state index contributed by atoms with van der Waals surface area (Å²) in [5.74, 6) is 0.293. The average molecular weight is 398 g/mol. The van der Waals surface area contributed by atoms with Gasteiger partial charge in [0.25, 0.3) is 5.91 Å². The number of aromatic nitrogens is 5. The minimum absolute atomic E-state index is 0.0743. The van der Waals surface area contributed by atoms with Crippen LogP contribution in [-0.4, -0.2) is 30.4 Å². The van der Waals surface area contributed by atoms with Gasteiger partial charge in [-0.05, 0) is 61.6 Å². The van der Waals surface area contributed by atoms with E-state index in [0.29, 0.717) is 23.5 Å². The number of fused-ring (bicyclic) bond motifs is 1. The zero-order chi connectivity index (χ0) is 20.5. The number of rotatable bonds is 6. The highest BCUT2D eigenvalue weighted by molar-refractivity contribution is 5.96. The summed E-state index contributed by atoms with van der Waals surface area (Å²) in [6, 6.07) is 11.5. The predicted octanol–water partition coefficient (Wildman–Crippen LogP) is 3.46. The standard InChI is InChI=1S/C23H22N6O/c1-15-7-9-25-19(10-15)21(16-5-6-16)28-23(30)17-11-20-22(26-12-17)29(14-27-20)13-18-4-2-3-8-24-18/h2-4,7-12,14,16,21H,5-6,13H2,1H3,(H,28,30). The number of hydrogen-bond donors (Lipinski definition) is 1. The van der Waals surface area contributed by atoms with Gasteiger partial charge in [-0.2, -0.15) is 0 Å². The van der Waals surface area contributed by atoms with Crippen molar-refractivity contribution in [1.29, 1.82) is 0 Å². The first-order chi connectivity index (χ1) is 14.7. The van der Waals surface area contributed by atoms with Gasteiger partial charge in [-0.1, -0.05) is 6.07 Å². The maximum atomic E-state index is 13.0. The second-order valence-corrected chi connectivity index (χ2v) is 7.81. The molecule has 7 heteroatoms. The molecule has 0 aliphatic heterocycles. The Morgan fingerprint density at radius 2 is 2.03 bits per heavy atom. The molecule has 4 aromatic rings. The molecule has 4 aromatic heterocycles. The van der Waals surface area contributed by atoms with E-state index in [-0.39, 0.29) is 11.9 Å². The highest BCUT2D eigenvalue weighted by atomic mass is 16.1. The zero-order valence-electron chi connectivity index (χ0n) is 16.7. The fourth-order valence-corrected chi connectivity index (χ4v) is 3.67. The Hall–Kier alpha value is -3.61. The molecule has 4 heterocycles. The Labute approximate surface area is 174 Å². The molecule has 1 N–H and O–H groups in total. The van der Waals surface area contributed by atoms with Gasteiger partial charge in [0.15, 0.2) is 5.65 Å². The van der Waals surface area contributed by atoms with E-state index in [0.717, 1.165) is 35.4 Å². The Morgan fingerprint density at radius 1 is 1.13 bits per heavy atom. The summed E-state index contributed by atoms with van der Waals surface area (Å²) in [4.78, 5) is 30.7. The molecule has 0 spiro atoms. The molecule has 1 aliphatic carbocycles. The molecule has 1 unspecified atom stereocenters. The van der Waals surface area contributed by atoms with Crippen LogP contribution in [0.25, 0.3) is 11.2 Å². The minimum Gasteiger partial charge on any atom is -0.343 e. The van der Waals surface area contributed by atoms with E-state index in [2.05, 4.69) is 25.3 Å². The van der Waals surface area contributed by atoms with Crippen molar-refractivity contribution < 1.29 is 4.79 Å². The van der Waals surface area contributed by atoms with Crippen LogP contribution in [0.3, 0.4) is 0 Å². The minimum atomic E-state index is -0.149. The van der Waals surface area contributed by atoms with E-state index >= 15 is 0 Å². The summed E-state index contributed by atoms with van der Waals surface area (Å²) in [6.45, 7) is 2.62. The Bertz CT molecular complexity index is 1200. The highest BCUT2D eigenvalue weighted by Gasteiger charge is 2.34. The van der Waals surface area contributed by atoms with Crippen LogP contribution in [-0.2, 0) is 6.54 Å². The molecule has 7 nitrogen and oxygen atoms in total. The van der Waals surface area contributed by atoms with Gasteiger partial charge in [0, 0.05) is 18.6 Å². The SMILES string of the molecule is Cc1ccnc(C(NC(=O)c2cnc3c(c2)ncn3Cc2ccccn2)C2CC2)c1. The quantitative estimate of drug-likeness (QED) is 0.538. The number of carbonyl (C=O) groups excluding carboxylic acids is 1. The summed E-state index contributed by atoms with van der Waals surface area (Å²) in [5, 5.41) is 3.16. The van der Waals surface area contributed by atoms with Gasteiger partial charge in [-0.15, -0.1) is 0 Å². The van der Waals surface area contributed by atoms with Crippen molar-refractivity contribution >= 4 is 17.1 Å². The predicted molar refractivity (Wildman–Crippen MR) is 113 cm³/mol. The van der Waals surface area contributed by atoms with Gasteiger partial charge in [-0.3, -0.25) is 14.8 Å². The Kier molecular flexibility index (Phi) is 4.71. The fraction of sp³-hybridized carbons (Fsp3) is 0.261. The molecular weight excluding hydrogens is 376 g/mol. The molecule has 0 aromatic carbocycles. The van der Waals surface area contributed by atoms with E-state index in [1.165, 1.54) is 0 Å². The fourth-order valence-electron chi connectivity index (χ4n) is 3.67. The van der Waals surface area contributed by atoms with E-state index in [1.807, 2.05) is 41.8 Å². The van der Waals surface area contributed by atoms with Crippen LogP contribution in [0, 0.1) is 12.8 Å². The van der Waals surface area contributed by atoms with Crippen molar-refractivity contribution in [2.24, 2.45) is 5.92 Å². The summed E-state index contributed by atoms with van der Waals surface area (Å²) in [6.07, 6.45) is 9.13.